The third-order valence-corrected chi connectivity index (χ3v) is 8.52. The Morgan fingerprint density at radius 1 is 0.967 bits per heavy atom. The third-order valence-electron chi connectivity index (χ3n) is 4.75. The van der Waals surface area contributed by atoms with Crippen molar-refractivity contribution in [1.29, 1.82) is 0 Å². The maximum Gasteiger partial charge on any atom is 0.255 e. The molecule has 0 saturated carbocycles. The highest BCUT2D eigenvalue weighted by Gasteiger charge is 2.31. The van der Waals surface area contributed by atoms with E-state index in [4.69, 9.17) is 4.74 Å². The highest BCUT2D eigenvalue weighted by atomic mass is 79.9. The molecule has 156 valence electrons. The van der Waals surface area contributed by atoms with Gasteiger partial charge in [0.2, 0.25) is 0 Å². The first-order valence-corrected chi connectivity index (χ1v) is 12.5. The molecule has 3 rings (SSSR count). The van der Waals surface area contributed by atoms with Crippen molar-refractivity contribution in [3.05, 3.63) is 88.9 Å². The Labute approximate surface area is 186 Å². The SMILES string of the molecule is CCCOc1ccc(Br)c(C(=O)N(C)CP(=O)(c2ccccc2)c2ccccc2)c1. The van der Waals surface area contributed by atoms with Gasteiger partial charge in [-0.05, 0) is 40.5 Å². The molecule has 0 aliphatic rings. The van der Waals surface area contributed by atoms with E-state index in [2.05, 4.69) is 15.9 Å². The molecule has 0 aromatic heterocycles. The molecular weight excluding hydrogens is 461 g/mol. The fraction of sp³-hybridized carbons (Fsp3) is 0.208. The molecule has 0 fully saturated rings. The van der Waals surface area contributed by atoms with Crippen molar-refractivity contribution < 1.29 is 14.1 Å². The summed E-state index contributed by atoms with van der Waals surface area (Å²) in [4.78, 5) is 14.8. The number of amides is 1. The van der Waals surface area contributed by atoms with Crippen molar-refractivity contribution in [2.24, 2.45) is 0 Å². The molecule has 0 saturated heterocycles. The van der Waals surface area contributed by atoms with Gasteiger partial charge in [0.1, 0.15) is 5.75 Å². The first-order valence-electron chi connectivity index (χ1n) is 9.84. The Balaban J connectivity index is 1.93. The van der Waals surface area contributed by atoms with Crippen LogP contribution in [0.4, 0.5) is 0 Å². The fourth-order valence-corrected chi connectivity index (χ4v) is 6.27. The fourth-order valence-electron chi connectivity index (χ4n) is 3.20. The van der Waals surface area contributed by atoms with Gasteiger partial charge in [-0.1, -0.05) is 67.6 Å². The molecule has 0 N–H and O–H groups in total. The number of ether oxygens (including phenoxy) is 1. The van der Waals surface area contributed by atoms with E-state index in [1.165, 1.54) is 4.90 Å². The van der Waals surface area contributed by atoms with Gasteiger partial charge in [-0.15, -0.1) is 0 Å². The van der Waals surface area contributed by atoms with Gasteiger partial charge in [0.25, 0.3) is 5.91 Å². The second kappa shape index (κ2) is 10.1. The quantitative estimate of drug-likeness (QED) is 0.407. The molecular formula is C24H25BrNO3P. The van der Waals surface area contributed by atoms with Crippen LogP contribution in [-0.4, -0.2) is 30.7 Å². The summed E-state index contributed by atoms with van der Waals surface area (Å²) in [7, 11) is -1.35. The number of nitrogens with zero attached hydrogens (tertiary/aromatic N) is 1. The predicted octanol–water partition coefficient (Wildman–Crippen LogP) is 5.28. The standard InChI is InChI=1S/C24H25BrNO3P/c1-3-16-29-19-14-15-23(25)22(17-19)24(27)26(2)18-30(28,20-10-6-4-7-11-20)21-12-8-5-9-13-21/h4-15,17H,3,16,18H2,1-2H3. The maximum absolute atomic E-state index is 14.2. The van der Waals surface area contributed by atoms with Gasteiger partial charge in [0, 0.05) is 22.1 Å². The zero-order valence-electron chi connectivity index (χ0n) is 17.1. The van der Waals surface area contributed by atoms with Crippen LogP contribution >= 0.6 is 23.1 Å². The minimum atomic E-state index is -3.04. The third kappa shape index (κ3) is 5.03. The van der Waals surface area contributed by atoms with Crippen molar-refractivity contribution >= 4 is 39.6 Å². The van der Waals surface area contributed by atoms with E-state index in [0.717, 1.165) is 17.0 Å². The highest BCUT2D eigenvalue weighted by molar-refractivity contribution is 9.10. The number of hydrogen-bond donors (Lipinski definition) is 0. The lowest BCUT2D eigenvalue weighted by atomic mass is 10.2. The molecule has 3 aromatic carbocycles. The zero-order chi connectivity index (χ0) is 21.6. The Bertz CT molecular complexity index is 997. The summed E-state index contributed by atoms with van der Waals surface area (Å²) < 4.78 is 20.6. The number of carbonyl (C=O) groups is 1. The molecule has 30 heavy (non-hydrogen) atoms. The molecule has 6 heteroatoms. The number of carbonyl (C=O) groups excluding carboxylic acids is 1. The zero-order valence-corrected chi connectivity index (χ0v) is 19.6. The van der Waals surface area contributed by atoms with Crippen LogP contribution in [-0.2, 0) is 4.57 Å². The summed E-state index contributed by atoms with van der Waals surface area (Å²) in [5.41, 5.74) is 0.485. The van der Waals surface area contributed by atoms with Crippen molar-refractivity contribution in [1.82, 2.24) is 4.90 Å². The van der Waals surface area contributed by atoms with E-state index in [9.17, 15) is 9.36 Å². The van der Waals surface area contributed by atoms with Gasteiger partial charge in [0.05, 0.1) is 18.5 Å². The molecule has 1 amide bonds. The smallest absolute Gasteiger partial charge is 0.255 e. The van der Waals surface area contributed by atoms with Crippen LogP contribution < -0.4 is 15.3 Å². The maximum atomic E-state index is 14.2. The van der Waals surface area contributed by atoms with Crippen LogP contribution in [0, 0.1) is 0 Å². The second-order valence-corrected chi connectivity index (χ2v) is 10.7. The number of rotatable bonds is 8. The minimum absolute atomic E-state index is 0.104. The summed E-state index contributed by atoms with van der Waals surface area (Å²) in [5, 5.41) is 1.46. The van der Waals surface area contributed by atoms with E-state index in [1.807, 2.05) is 73.7 Å². The Morgan fingerprint density at radius 3 is 2.07 bits per heavy atom. The molecule has 4 nitrogen and oxygen atoms in total. The van der Waals surface area contributed by atoms with Gasteiger partial charge < -0.3 is 14.2 Å². The summed E-state index contributed by atoms with van der Waals surface area (Å²) in [6.07, 6.45) is 0.989. The van der Waals surface area contributed by atoms with Crippen molar-refractivity contribution in [3.63, 3.8) is 0 Å². The van der Waals surface area contributed by atoms with Crippen LogP contribution in [0.3, 0.4) is 0 Å². The molecule has 0 radical (unpaired) electrons. The monoisotopic (exact) mass is 485 g/mol. The summed E-state index contributed by atoms with van der Waals surface area (Å²) in [6, 6.07) is 24.1. The lowest BCUT2D eigenvalue weighted by Crippen LogP contribution is -2.33. The van der Waals surface area contributed by atoms with E-state index >= 15 is 0 Å². The molecule has 3 aromatic rings. The largest absolute Gasteiger partial charge is 0.494 e. The first-order chi connectivity index (χ1) is 14.5. The average molecular weight is 486 g/mol. The minimum Gasteiger partial charge on any atom is -0.494 e. The molecule has 0 aliphatic heterocycles. The molecule has 0 unspecified atom stereocenters. The normalized spacial score (nSPS) is 11.2. The number of benzene rings is 3. The van der Waals surface area contributed by atoms with E-state index < -0.39 is 7.14 Å². The van der Waals surface area contributed by atoms with Gasteiger partial charge in [-0.2, -0.15) is 0 Å². The molecule has 0 spiro atoms. The van der Waals surface area contributed by atoms with Crippen LogP contribution in [0.2, 0.25) is 0 Å². The van der Waals surface area contributed by atoms with E-state index in [-0.39, 0.29) is 12.2 Å². The molecule has 0 heterocycles. The van der Waals surface area contributed by atoms with Gasteiger partial charge in [-0.25, -0.2) is 0 Å². The summed E-state index contributed by atoms with van der Waals surface area (Å²) in [5.74, 6) is 0.432. The Kier molecular flexibility index (Phi) is 7.52. The summed E-state index contributed by atoms with van der Waals surface area (Å²) >= 11 is 3.46. The Morgan fingerprint density at radius 2 is 1.53 bits per heavy atom. The van der Waals surface area contributed by atoms with Gasteiger partial charge in [-0.3, -0.25) is 4.79 Å². The van der Waals surface area contributed by atoms with Gasteiger partial charge >= 0.3 is 0 Å². The van der Waals surface area contributed by atoms with Crippen LogP contribution in [0.25, 0.3) is 0 Å². The average Bonchev–Trinajstić information content (AvgIpc) is 2.79. The van der Waals surface area contributed by atoms with Crippen LogP contribution in [0.5, 0.6) is 5.75 Å². The van der Waals surface area contributed by atoms with E-state index in [1.54, 1.807) is 19.2 Å². The van der Waals surface area contributed by atoms with Crippen LogP contribution in [0.1, 0.15) is 23.7 Å². The first kappa shape index (κ1) is 22.3. The number of hydrogen-bond acceptors (Lipinski definition) is 3. The molecule has 0 aliphatic carbocycles. The van der Waals surface area contributed by atoms with Crippen molar-refractivity contribution in [2.75, 3.05) is 19.9 Å². The number of halogens is 1. The van der Waals surface area contributed by atoms with Crippen molar-refractivity contribution in [2.45, 2.75) is 13.3 Å². The topological polar surface area (TPSA) is 46.6 Å². The van der Waals surface area contributed by atoms with Crippen molar-refractivity contribution in [3.8, 4) is 5.75 Å². The predicted molar refractivity (Wildman–Crippen MR) is 127 cm³/mol. The molecule has 0 bridgehead atoms. The Hall–Kier alpha value is -2.36. The lowest BCUT2D eigenvalue weighted by Gasteiger charge is -2.26. The lowest BCUT2D eigenvalue weighted by molar-refractivity contribution is 0.0816. The highest BCUT2D eigenvalue weighted by Crippen LogP contribution is 2.44. The van der Waals surface area contributed by atoms with Crippen LogP contribution in [0.15, 0.2) is 83.3 Å². The van der Waals surface area contributed by atoms with Gasteiger partial charge in [0.15, 0.2) is 7.14 Å². The second-order valence-electron chi connectivity index (χ2n) is 7.05. The van der Waals surface area contributed by atoms with E-state index in [0.29, 0.717) is 22.4 Å². The molecule has 0 atom stereocenters. The summed E-state index contributed by atoms with van der Waals surface area (Å²) in [6.45, 7) is 2.62.